The maximum absolute atomic E-state index is 11.1. The van der Waals surface area contributed by atoms with E-state index in [1.165, 1.54) is 57.8 Å². The SMILES string of the molecule is CCC1(CC)C2CC=C3[C@@H]4CC[C@H]([C@H](C)CCCC(C)C)[C@@]4(C)CC[C@@H]3[C@@]2(C)CC[C@@H]1O. The summed E-state index contributed by atoms with van der Waals surface area (Å²) >= 11 is 0. The molecule has 0 heterocycles. The summed E-state index contributed by atoms with van der Waals surface area (Å²) in [7, 11) is 0. The Morgan fingerprint density at radius 2 is 1.56 bits per heavy atom. The van der Waals surface area contributed by atoms with Crippen LogP contribution < -0.4 is 0 Å². The van der Waals surface area contributed by atoms with Crippen molar-refractivity contribution in [3.8, 4) is 0 Å². The van der Waals surface area contributed by atoms with Crippen LogP contribution in [0.3, 0.4) is 0 Å². The van der Waals surface area contributed by atoms with E-state index >= 15 is 0 Å². The molecule has 32 heavy (non-hydrogen) atoms. The number of aliphatic hydroxyl groups is 1. The first-order valence-corrected chi connectivity index (χ1v) is 14.5. The second-order valence-corrected chi connectivity index (χ2v) is 13.6. The van der Waals surface area contributed by atoms with Crippen LogP contribution in [0.15, 0.2) is 11.6 Å². The molecule has 1 nitrogen and oxygen atoms in total. The molecule has 0 saturated heterocycles. The Hall–Kier alpha value is -0.300. The van der Waals surface area contributed by atoms with Crippen LogP contribution in [0, 0.1) is 51.8 Å². The van der Waals surface area contributed by atoms with Gasteiger partial charge in [-0.15, -0.1) is 0 Å². The van der Waals surface area contributed by atoms with Crippen molar-refractivity contribution >= 4 is 0 Å². The van der Waals surface area contributed by atoms with Gasteiger partial charge in [-0.1, -0.05) is 79.4 Å². The Morgan fingerprint density at radius 1 is 0.906 bits per heavy atom. The van der Waals surface area contributed by atoms with Crippen molar-refractivity contribution in [3.63, 3.8) is 0 Å². The van der Waals surface area contributed by atoms with E-state index in [9.17, 15) is 5.11 Å². The van der Waals surface area contributed by atoms with E-state index in [4.69, 9.17) is 0 Å². The summed E-state index contributed by atoms with van der Waals surface area (Å²) in [5.41, 5.74) is 2.95. The van der Waals surface area contributed by atoms with E-state index in [1.54, 1.807) is 0 Å². The van der Waals surface area contributed by atoms with E-state index in [1.807, 2.05) is 5.57 Å². The van der Waals surface area contributed by atoms with Crippen LogP contribution in [0.5, 0.6) is 0 Å². The summed E-state index contributed by atoms with van der Waals surface area (Å²) < 4.78 is 0. The van der Waals surface area contributed by atoms with E-state index in [0.29, 0.717) is 16.7 Å². The Bertz CT molecular complexity index is 687. The van der Waals surface area contributed by atoms with Gasteiger partial charge in [0.15, 0.2) is 0 Å². The van der Waals surface area contributed by atoms with Crippen LogP contribution >= 0.6 is 0 Å². The molecular weight excluding hydrogens is 388 g/mol. The van der Waals surface area contributed by atoms with Crippen molar-refractivity contribution in [3.05, 3.63) is 11.6 Å². The van der Waals surface area contributed by atoms with Crippen molar-refractivity contribution < 1.29 is 5.11 Å². The molecule has 4 aliphatic rings. The third-order valence-electron chi connectivity index (χ3n) is 12.1. The number of aliphatic hydroxyl groups excluding tert-OH is 1. The zero-order valence-corrected chi connectivity index (χ0v) is 22.6. The van der Waals surface area contributed by atoms with E-state index in [-0.39, 0.29) is 11.5 Å². The minimum atomic E-state index is -0.0954. The summed E-state index contributed by atoms with van der Waals surface area (Å²) in [5.74, 6) is 4.92. The van der Waals surface area contributed by atoms with Crippen LogP contribution in [0.2, 0.25) is 0 Å². The second kappa shape index (κ2) is 9.05. The average molecular weight is 443 g/mol. The highest BCUT2D eigenvalue weighted by molar-refractivity contribution is 5.29. The number of allylic oxidation sites excluding steroid dienone is 2. The van der Waals surface area contributed by atoms with Crippen molar-refractivity contribution in [2.75, 3.05) is 0 Å². The lowest BCUT2D eigenvalue weighted by molar-refractivity contribution is -0.145. The fourth-order valence-electron chi connectivity index (χ4n) is 10.2. The van der Waals surface area contributed by atoms with Crippen molar-refractivity contribution in [1.82, 2.24) is 0 Å². The highest BCUT2D eigenvalue weighted by Crippen LogP contribution is 2.69. The van der Waals surface area contributed by atoms with E-state index < -0.39 is 0 Å². The van der Waals surface area contributed by atoms with Crippen molar-refractivity contribution in [2.24, 2.45) is 51.8 Å². The number of fused-ring (bicyclic) bond motifs is 5. The maximum Gasteiger partial charge on any atom is 0.0599 e. The fourth-order valence-corrected chi connectivity index (χ4v) is 10.2. The quantitative estimate of drug-likeness (QED) is 0.390. The van der Waals surface area contributed by atoms with Gasteiger partial charge in [0.25, 0.3) is 0 Å². The molecule has 1 heteroatoms. The van der Waals surface area contributed by atoms with Gasteiger partial charge in [-0.25, -0.2) is 0 Å². The molecule has 0 spiro atoms. The molecule has 0 amide bonds. The van der Waals surface area contributed by atoms with Crippen LogP contribution in [0.4, 0.5) is 0 Å². The molecular formula is C31H54O. The van der Waals surface area contributed by atoms with Crippen LogP contribution in [0.1, 0.15) is 126 Å². The maximum atomic E-state index is 11.1. The molecule has 0 aromatic carbocycles. The zero-order valence-electron chi connectivity index (χ0n) is 22.6. The molecule has 0 aromatic rings. The minimum absolute atomic E-state index is 0.0954. The predicted molar refractivity (Wildman–Crippen MR) is 137 cm³/mol. The molecule has 184 valence electrons. The lowest BCUT2D eigenvalue weighted by Gasteiger charge is -2.63. The molecule has 0 bridgehead atoms. The molecule has 4 rings (SSSR count). The summed E-state index contributed by atoms with van der Waals surface area (Å²) in [6.45, 7) is 17.3. The van der Waals surface area contributed by atoms with Gasteiger partial charge in [-0.05, 0) is 110 Å². The summed E-state index contributed by atoms with van der Waals surface area (Å²) in [6, 6.07) is 0. The summed E-state index contributed by atoms with van der Waals surface area (Å²) in [4.78, 5) is 0. The highest BCUT2D eigenvalue weighted by atomic mass is 16.3. The zero-order chi connectivity index (χ0) is 23.3. The van der Waals surface area contributed by atoms with E-state index in [2.05, 4.69) is 54.5 Å². The molecule has 0 aliphatic heterocycles. The Balaban J connectivity index is 1.57. The second-order valence-electron chi connectivity index (χ2n) is 13.6. The van der Waals surface area contributed by atoms with Gasteiger partial charge in [0, 0.05) is 0 Å². The normalized spacial score (nSPS) is 43.9. The number of rotatable bonds is 7. The minimum Gasteiger partial charge on any atom is -0.393 e. The molecule has 4 aliphatic carbocycles. The van der Waals surface area contributed by atoms with Crippen LogP contribution in [0.25, 0.3) is 0 Å². The predicted octanol–water partition coefficient (Wildman–Crippen LogP) is 8.81. The van der Waals surface area contributed by atoms with Gasteiger partial charge in [0.2, 0.25) is 0 Å². The summed E-state index contributed by atoms with van der Waals surface area (Å²) in [5, 5.41) is 11.1. The molecule has 0 aromatic heterocycles. The molecule has 1 N–H and O–H groups in total. The fraction of sp³-hybridized carbons (Fsp3) is 0.935. The molecule has 3 saturated carbocycles. The Kier molecular flexibility index (Phi) is 7.02. The Labute approximate surface area is 200 Å². The lowest BCUT2D eigenvalue weighted by Crippen LogP contribution is -2.58. The third-order valence-corrected chi connectivity index (χ3v) is 12.1. The molecule has 0 radical (unpaired) electrons. The lowest BCUT2D eigenvalue weighted by atomic mass is 9.42. The highest BCUT2D eigenvalue weighted by Gasteiger charge is 2.62. The monoisotopic (exact) mass is 442 g/mol. The van der Waals surface area contributed by atoms with Gasteiger partial charge in [0.1, 0.15) is 0 Å². The summed E-state index contributed by atoms with van der Waals surface area (Å²) in [6.07, 6.45) is 18.4. The van der Waals surface area contributed by atoms with E-state index in [0.717, 1.165) is 48.9 Å². The van der Waals surface area contributed by atoms with Gasteiger partial charge in [0.05, 0.1) is 6.10 Å². The molecule has 8 atom stereocenters. The van der Waals surface area contributed by atoms with Gasteiger partial charge >= 0.3 is 0 Å². The average Bonchev–Trinajstić information content (AvgIpc) is 3.11. The molecule has 3 fully saturated rings. The van der Waals surface area contributed by atoms with Crippen molar-refractivity contribution in [2.45, 2.75) is 132 Å². The first-order valence-electron chi connectivity index (χ1n) is 14.5. The van der Waals surface area contributed by atoms with Gasteiger partial charge < -0.3 is 5.11 Å². The number of hydrogen-bond donors (Lipinski definition) is 1. The van der Waals surface area contributed by atoms with Crippen molar-refractivity contribution in [1.29, 1.82) is 0 Å². The van der Waals surface area contributed by atoms with Gasteiger partial charge in [-0.2, -0.15) is 0 Å². The third kappa shape index (κ3) is 3.67. The topological polar surface area (TPSA) is 20.2 Å². The Morgan fingerprint density at radius 3 is 2.22 bits per heavy atom. The smallest absolute Gasteiger partial charge is 0.0599 e. The largest absolute Gasteiger partial charge is 0.393 e. The number of hydrogen-bond acceptors (Lipinski definition) is 1. The van der Waals surface area contributed by atoms with Crippen LogP contribution in [-0.2, 0) is 0 Å². The van der Waals surface area contributed by atoms with Crippen LogP contribution in [-0.4, -0.2) is 11.2 Å². The standard InChI is InChI=1S/C31H54O/c1-8-31(9-2)27-16-13-23-25-15-14-24(22(5)12-10-11-21(3)4)29(25,6)19-17-26(23)30(27,7)20-18-28(31)32/h13,21-22,24-28,32H,8-12,14-20H2,1-7H3/t22-,24-,25+,26+,27?,28+,29-,30-/m1/s1. The molecule has 1 unspecified atom stereocenters. The first-order chi connectivity index (χ1) is 15.1. The van der Waals surface area contributed by atoms with Gasteiger partial charge in [-0.3, -0.25) is 0 Å². The first kappa shape index (κ1) is 24.8.